The van der Waals surface area contributed by atoms with Crippen LogP contribution in [0.1, 0.15) is 19.3 Å². The Morgan fingerprint density at radius 1 is 1.35 bits per heavy atom. The van der Waals surface area contributed by atoms with Gasteiger partial charge in [-0.2, -0.15) is 0 Å². The predicted molar refractivity (Wildman–Crippen MR) is 95.0 cm³/mol. The molecule has 1 atom stereocenters. The van der Waals surface area contributed by atoms with E-state index in [1.807, 2.05) is 30.3 Å². The first-order valence-corrected chi connectivity index (χ1v) is 8.15. The Hall–Kier alpha value is -1.30. The molecule has 5 nitrogen and oxygen atoms in total. The summed E-state index contributed by atoms with van der Waals surface area (Å²) in [6, 6.07) is 9.63. The van der Waals surface area contributed by atoms with Crippen molar-refractivity contribution >= 4 is 18.3 Å². The molecule has 1 aliphatic heterocycles. The number of carbonyl (C=O) groups is 1. The largest absolute Gasteiger partial charge is 0.492 e. The van der Waals surface area contributed by atoms with Crippen molar-refractivity contribution in [3.8, 4) is 5.75 Å². The van der Waals surface area contributed by atoms with Gasteiger partial charge in [0.1, 0.15) is 12.4 Å². The number of hydrogen-bond donors (Lipinski definition) is 2. The van der Waals surface area contributed by atoms with Gasteiger partial charge < -0.3 is 15.8 Å². The molecule has 130 valence electrons. The average molecular weight is 342 g/mol. The molecule has 23 heavy (non-hydrogen) atoms. The van der Waals surface area contributed by atoms with Crippen LogP contribution in [0.3, 0.4) is 0 Å². The van der Waals surface area contributed by atoms with Crippen molar-refractivity contribution < 1.29 is 9.53 Å². The predicted octanol–water partition coefficient (Wildman–Crippen LogP) is 1.66. The summed E-state index contributed by atoms with van der Waals surface area (Å²) < 4.78 is 5.55. The fraction of sp³-hybridized carbons (Fsp3) is 0.588. The number of nitrogens with one attached hydrogen (secondary N) is 1. The molecule has 6 heteroatoms. The molecule has 1 unspecified atom stereocenters. The molecule has 1 heterocycles. The molecular weight excluding hydrogens is 314 g/mol. The van der Waals surface area contributed by atoms with Crippen molar-refractivity contribution in [1.82, 2.24) is 10.2 Å². The lowest BCUT2D eigenvalue weighted by Crippen LogP contribution is -2.43. The summed E-state index contributed by atoms with van der Waals surface area (Å²) >= 11 is 0. The van der Waals surface area contributed by atoms with Gasteiger partial charge in [0.05, 0.1) is 13.1 Å². The third-order valence-corrected chi connectivity index (χ3v) is 3.98. The Morgan fingerprint density at radius 3 is 2.87 bits per heavy atom. The van der Waals surface area contributed by atoms with Crippen molar-refractivity contribution in [2.45, 2.75) is 19.3 Å². The summed E-state index contributed by atoms with van der Waals surface area (Å²) in [5, 5.41) is 2.92. The van der Waals surface area contributed by atoms with Gasteiger partial charge in [-0.1, -0.05) is 18.2 Å². The van der Waals surface area contributed by atoms with E-state index in [0.29, 0.717) is 25.6 Å². The second-order valence-electron chi connectivity index (χ2n) is 5.83. The van der Waals surface area contributed by atoms with Gasteiger partial charge in [0.25, 0.3) is 0 Å². The van der Waals surface area contributed by atoms with E-state index < -0.39 is 0 Å². The van der Waals surface area contributed by atoms with E-state index in [0.717, 1.165) is 38.2 Å². The van der Waals surface area contributed by atoms with Gasteiger partial charge in [0.2, 0.25) is 5.91 Å². The van der Waals surface area contributed by atoms with Crippen LogP contribution in [0.5, 0.6) is 5.75 Å². The lowest BCUT2D eigenvalue weighted by atomic mass is 9.95. The molecule has 0 bridgehead atoms. The molecule has 1 amide bonds. The molecule has 0 aliphatic carbocycles. The number of likely N-dealkylation sites (tertiary alicyclic amines) is 1. The lowest BCUT2D eigenvalue weighted by molar-refractivity contribution is -0.122. The highest BCUT2D eigenvalue weighted by Gasteiger charge is 2.20. The number of nitrogens with zero attached hydrogens (tertiary/aromatic N) is 1. The van der Waals surface area contributed by atoms with E-state index >= 15 is 0 Å². The van der Waals surface area contributed by atoms with Crippen LogP contribution < -0.4 is 15.8 Å². The second kappa shape index (κ2) is 11.3. The van der Waals surface area contributed by atoms with Crippen LogP contribution in [0, 0.1) is 5.92 Å². The zero-order valence-corrected chi connectivity index (χ0v) is 14.4. The summed E-state index contributed by atoms with van der Waals surface area (Å²) in [7, 11) is 0. The van der Waals surface area contributed by atoms with Gasteiger partial charge in [-0.25, -0.2) is 0 Å². The number of piperidine rings is 1. The number of ether oxygens (including phenoxy) is 1. The first-order chi connectivity index (χ1) is 10.8. The minimum atomic E-state index is 0. The van der Waals surface area contributed by atoms with E-state index in [9.17, 15) is 4.79 Å². The van der Waals surface area contributed by atoms with Crippen LogP contribution in [0.4, 0.5) is 0 Å². The number of para-hydroxylation sites is 1. The number of rotatable bonds is 8. The maximum Gasteiger partial charge on any atom is 0.234 e. The van der Waals surface area contributed by atoms with Crippen molar-refractivity contribution in [3.63, 3.8) is 0 Å². The smallest absolute Gasteiger partial charge is 0.234 e. The molecule has 1 aromatic rings. The number of halogens is 1. The van der Waals surface area contributed by atoms with Crippen LogP contribution in [-0.2, 0) is 4.79 Å². The highest BCUT2D eigenvalue weighted by atomic mass is 35.5. The van der Waals surface area contributed by atoms with E-state index in [1.54, 1.807) is 0 Å². The highest BCUT2D eigenvalue weighted by molar-refractivity contribution is 5.85. The van der Waals surface area contributed by atoms with Crippen LogP contribution in [-0.4, -0.2) is 50.1 Å². The van der Waals surface area contributed by atoms with Gasteiger partial charge in [-0.05, 0) is 50.4 Å². The molecule has 0 saturated carbocycles. The molecular formula is C17H28ClN3O2. The molecule has 1 aliphatic rings. The normalized spacial score (nSPS) is 18.0. The van der Waals surface area contributed by atoms with Gasteiger partial charge in [-0.3, -0.25) is 9.69 Å². The summed E-state index contributed by atoms with van der Waals surface area (Å²) in [5.74, 6) is 1.55. The summed E-state index contributed by atoms with van der Waals surface area (Å²) in [6.07, 6.45) is 3.46. The summed E-state index contributed by atoms with van der Waals surface area (Å²) in [6.45, 7) is 4.24. The van der Waals surface area contributed by atoms with Crippen LogP contribution >= 0.6 is 12.4 Å². The SMILES string of the molecule is Cl.NCCC1CCCN(CC(=O)NCCOc2ccccc2)C1. The first-order valence-electron chi connectivity index (χ1n) is 8.15. The van der Waals surface area contributed by atoms with Crippen molar-refractivity contribution in [2.24, 2.45) is 11.7 Å². The molecule has 3 N–H and O–H groups in total. The van der Waals surface area contributed by atoms with Crippen molar-refractivity contribution in [2.75, 3.05) is 39.3 Å². The zero-order chi connectivity index (χ0) is 15.6. The van der Waals surface area contributed by atoms with E-state index in [2.05, 4.69) is 10.2 Å². The monoisotopic (exact) mass is 341 g/mol. The number of amides is 1. The second-order valence-corrected chi connectivity index (χ2v) is 5.83. The number of benzene rings is 1. The number of carbonyl (C=O) groups excluding carboxylic acids is 1. The minimum absolute atomic E-state index is 0. The molecule has 2 rings (SSSR count). The third kappa shape index (κ3) is 7.68. The summed E-state index contributed by atoms with van der Waals surface area (Å²) in [4.78, 5) is 14.2. The van der Waals surface area contributed by atoms with Crippen LogP contribution in [0.15, 0.2) is 30.3 Å². The molecule has 0 spiro atoms. The standard InChI is InChI=1S/C17H27N3O2.ClH/c18-9-8-15-5-4-11-20(13-15)14-17(21)19-10-12-22-16-6-2-1-3-7-16;/h1-3,6-7,15H,4-5,8-14,18H2,(H,19,21);1H. The summed E-state index contributed by atoms with van der Waals surface area (Å²) in [5.41, 5.74) is 5.62. The average Bonchev–Trinajstić information content (AvgIpc) is 2.53. The molecule has 1 fully saturated rings. The molecule has 0 aromatic heterocycles. The Morgan fingerprint density at radius 2 is 2.13 bits per heavy atom. The Kier molecular flexibility index (Phi) is 9.67. The fourth-order valence-corrected chi connectivity index (χ4v) is 2.90. The van der Waals surface area contributed by atoms with Crippen molar-refractivity contribution in [3.05, 3.63) is 30.3 Å². The highest BCUT2D eigenvalue weighted by Crippen LogP contribution is 2.18. The number of nitrogens with two attached hydrogens (primary N) is 1. The fourth-order valence-electron chi connectivity index (χ4n) is 2.90. The van der Waals surface area contributed by atoms with Gasteiger partial charge in [-0.15, -0.1) is 12.4 Å². The van der Waals surface area contributed by atoms with Crippen molar-refractivity contribution in [1.29, 1.82) is 0 Å². The van der Waals surface area contributed by atoms with E-state index in [1.165, 1.54) is 6.42 Å². The minimum Gasteiger partial charge on any atom is -0.492 e. The lowest BCUT2D eigenvalue weighted by Gasteiger charge is -2.32. The Balaban J connectivity index is 0.00000264. The number of hydrogen-bond acceptors (Lipinski definition) is 4. The van der Waals surface area contributed by atoms with E-state index in [4.69, 9.17) is 10.5 Å². The van der Waals surface area contributed by atoms with Crippen LogP contribution in [0.2, 0.25) is 0 Å². The topological polar surface area (TPSA) is 67.6 Å². The maximum atomic E-state index is 12.0. The third-order valence-electron chi connectivity index (χ3n) is 3.98. The molecule has 0 radical (unpaired) electrons. The van der Waals surface area contributed by atoms with Gasteiger partial charge >= 0.3 is 0 Å². The maximum absolute atomic E-state index is 12.0. The van der Waals surface area contributed by atoms with Crippen LogP contribution in [0.25, 0.3) is 0 Å². The quantitative estimate of drug-likeness (QED) is 0.706. The Labute approximate surface area is 145 Å². The first kappa shape index (κ1) is 19.7. The van der Waals surface area contributed by atoms with Gasteiger partial charge in [0, 0.05) is 6.54 Å². The molecule has 1 saturated heterocycles. The van der Waals surface area contributed by atoms with Gasteiger partial charge in [0.15, 0.2) is 0 Å². The Bertz CT molecular complexity index is 443. The zero-order valence-electron chi connectivity index (χ0n) is 13.6. The molecule has 1 aromatic carbocycles. The van der Waals surface area contributed by atoms with E-state index in [-0.39, 0.29) is 18.3 Å².